The van der Waals surface area contributed by atoms with E-state index in [1.165, 1.54) is 14.2 Å². The van der Waals surface area contributed by atoms with Gasteiger partial charge in [-0.3, -0.25) is 0 Å². The number of hydrogen-bond acceptors (Lipinski definition) is 3. The second-order valence-corrected chi connectivity index (χ2v) is 6.65. The van der Waals surface area contributed by atoms with Crippen LogP contribution in [0.4, 0.5) is 5.69 Å². The Morgan fingerprint density at radius 3 is 2.90 bits per heavy atom. The number of nitrogens with one attached hydrogen (secondary N) is 1. The van der Waals surface area contributed by atoms with Crippen LogP contribution >= 0.6 is 27.3 Å². The lowest BCUT2D eigenvalue weighted by atomic mass is 10.2. The van der Waals surface area contributed by atoms with Crippen LogP contribution in [0.3, 0.4) is 0 Å². The average molecular weight is 348 g/mol. The third kappa shape index (κ3) is 2.78. The molecule has 102 valence electrons. The Bertz CT molecular complexity index is 684. The SMILES string of the molecule is Cc1sc(CNc2ccccc2-n2ccnc2)cc1Br. The summed E-state index contributed by atoms with van der Waals surface area (Å²) in [7, 11) is 0. The lowest BCUT2D eigenvalue weighted by Crippen LogP contribution is -2.02. The molecule has 0 amide bonds. The predicted octanol–water partition coefficient (Wildman–Crippen LogP) is 4.62. The quantitative estimate of drug-likeness (QED) is 0.746. The standard InChI is InChI=1S/C15H14BrN3S/c1-11-13(16)8-12(20-11)9-18-14-4-2-3-5-15(14)19-7-6-17-10-19/h2-8,10,18H,9H2,1H3. The summed E-state index contributed by atoms with van der Waals surface area (Å²) in [5, 5.41) is 3.50. The Morgan fingerprint density at radius 2 is 2.20 bits per heavy atom. The van der Waals surface area contributed by atoms with E-state index in [1.54, 1.807) is 6.20 Å². The number of anilines is 1. The maximum atomic E-state index is 4.10. The van der Waals surface area contributed by atoms with E-state index < -0.39 is 0 Å². The van der Waals surface area contributed by atoms with Crippen molar-refractivity contribution in [1.82, 2.24) is 9.55 Å². The number of rotatable bonds is 4. The Kier molecular flexibility index (Phi) is 3.89. The first-order valence-corrected chi connectivity index (χ1v) is 7.91. The molecule has 3 aromatic rings. The Balaban J connectivity index is 1.81. The number of nitrogens with zero attached hydrogens (tertiary/aromatic N) is 2. The predicted molar refractivity (Wildman–Crippen MR) is 87.6 cm³/mol. The van der Waals surface area contributed by atoms with Gasteiger partial charge in [-0.15, -0.1) is 11.3 Å². The van der Waals surface area contributed by atoms with Gasteiger partial charge in [0.05, 0.1) is 17.7 Å². The minimum absolute atomic E-state index is 0.822. The molecular formula is C15H14BrN3S. The maximum Gasteiger partial charge on any atom is 0.0992 e. The highest BCUT2D eigenvalue weighted by Gasteiger charge is 2.06. The Labute approximate surface area is 130 Å². The van der Waals surface area contributed by atoms with Gasteiger partial charge in [-0.25, -0.2) is 4.98 Å². The zero-order valence-electron chi connectivity index (χ0n) is 11.0. The first kappa shape index (κ1) is 13.4. The smallest absolute Gasteiger partial charge is 0.0992 e. The van der Waals surface area contributed by atoms with Gasteiger partial charge in [-0.1, -0.05) is 12.1 Å². The van der Waals surface area contributed by atoms with Gasteiger partial charge >= 0.3 is 0 Å². The van der Waals surface area contributed by atoms with E-state index in [9.17, 15) is 0 Å². The molecule has 2 aromatic heterocycles. The average Bonchev–Trinajstić information content (AvgIpc) is 3.08. The van der Waals surface area contributed by atoms with Gasteiger partial charge in [0.15, 0.2) is 0 Å². The summed E-state index contributed by atoms with van der Waals surface area (Å²) in [5.74, 6) is 0. The minimum atomic E-state index is 0.822. The van der Waals surface area contributed by atoms with Crippen molar-refractivity contribution in [3.63, 3.8) is 0 Å². The van der Waals surface area contributed by atoms with Gasteiger partial charge in [0, 0.05) is 33.2 Å². The number of aryl methyl sites for hydroxylation is 1. The number of thiophene rings is 1. The lowest BCUT2D eigenvalue weighted by Gasteiger charge is -2.11. The normalized spacial score (nSPS) is 10.7. The van der Waals surface area contributed by atoms with Crippen LogP contribution in [0.1, 0.15) is 9.75 Å². The van der Waals surface area contributed by atoms with E-state index >= 15 is 0 Å². The fourth-order valence-corrected chi connectivity index (χ4v) is 3.58. The van der Waals surface area contributed by atoms with Gasteiger partial charge < -0.3 is 9.88 Å². The second kappa shape index (κ2) is 5.81. The first-order valence-electron chi connectivity index (χ1n) is 6.30. The summed E-state index contributed by atoms with van der Waals surface area (Å²) in [6.07, 6.45) is 5.55. The minimum Gasteiger partial charge on any atom is -0.378 e. The molecule has 0 aliphatic rings. The zero-order chi connectivity index (χ0) is 13.9. The molecule has 0 saturated heterocycles. The summed E-state index contributed by atoms with van der Waals surface area (Å²) in [4.78, 5) is 6.73. The van der Waals surface area contributed by atoms with Crippen molar-refractivity contribution >= 4 is 33.0 Å². The van der Waals surface area contributed by atoms with Crippen LogP contribution in [0.25, 0.3) is 5.69 Å². The van der Waals surface area contributed by atoms with Crippen LogP contribution in [0.2, 0.25) is 0 Å². The van der Waals surface area contributed by atoms with Crippen molar-refractivity contribution in [2.24, 2.45) is 0 Å². The number of imidazole rings is 1. The molecule has 3 rings (SSSR count). The highest BCUT2D eigenvalue weighted by Crippen LogP contribution is 2.27. The van der Waals surface area contributed by atoms with Crippen molar-refractivity contribution in [2.45, 2.75) is 13.5 Å². The molecule has 20 heavy (non-hydrogen) atoms. The summed E-state index contributed by atoms with van der Waals surface area (Å²) >= 11 is 5.37. The van der Waals surface area contributed by atoms with Crippen molar-refractivity contribution in [3.05, 3.63) is 63.3 Å². The molecule has 5 heteroatoms. The molecule has 0 atom stereocenters. The second-order valence-electron chi connectivity index (χ2n) is 4.46. The summed E-state index contributed by atoms with van der Waals surface area (Å²) < 4.78 is 3.19. The molecular weight excluding hydrogens is 334 g/mol. The molecule has 0 aliphatic carbocycles. The van der Waals surface area contributed by atoms with E-state index in [-0.39, 0.29) is 0 Å². The highest BCUT2D eigenvalue weighted by atomic mass is 79.9. The number of hydrogen-bond donors (Lipinski definition) is 1. The molecule has 1 aromatic carbocycles. The fraction of sp³-hybridized carbons (Fsp3) is 0.133. The van der Waals surface area contributed by atoms with Crippen molar-refractivity contribution in [2.75, 3.05) is 5.32 Å². The van der Waals surface area contributed by atoms with Crippen LogP contribution in [0.5, 0.6) is 0 Å². The van der Waals surface area contributed by atoms with Crippen LogP contribution < -0.4 is 5.32 Å². The van der Waals surface area contributed by atoms with Crippen molar-refractivity contribution < 1.29 is 0 Å². The van der Waals surface area contributed by atoms with E-state index in [1.807, 2.05) is 40.6 Å². The number of aromatic nitrogens is 2. The third-order valence-electron chi connectivity index (χ3n) is 3.05. The third-order valence-corrected chi connectivity index (χ3v) is 5.18. The molecule has 0 saturated carbocycles. The molecule has 2 heterocycles. The lowest BCUT2D eigenvalue weighted by molar-refractivity contribution is 1.05. The van der Waals surface area contributed by atoms with Crippen LogP contribution in [0.15, 0.2) is 53.5 Å². The van der Waals surface area contributed by atoms with Gasteiger partial charge in [-0.05, 0) is 41.1 Å². The molecule has 3 nitrogen and oxygen atoms in total. The zero-order valence-corrected chi connectivity index (χ0v) is 13.4. The summed E-state index contributed by atoms with van der Waals surface area (Å²) in [5.41, 5.74) is 2.21. The van der Waals surface area contributed by atoms with Crippen molar-refractivity contribution in [3.8, 4) is 5.69 Å². The van der Waals surface area contributed by atoms with Gasteiger partial charge in [0.1, 0.15) is 0 Å². The summed E-state index contributed by atoms with van der Waals surface area (Å²) in [6.45, 7) is 2.94. The number of benzene rings is 1. The van der Waals surface area contributed by atoms with E-state index in [4.69, 9.17) is 0 Å². The largest absolute Gasteiger partial charge is 0.378 e. The van der Waals surface area contributed by atoms with E-state index in [0.29, 0.717) is 0 Å². The van der Waals surface area contributed by atoms with E-state index in [2.05, 4.69) is 51.4 Å². The number of para-hydroxylation sites is 2. The molecule has 1 N–H and O–H groups in total. The molecule has 0 fully saturated rings. The molecule has 0 aliphatic heterocycles. The fourth-order valence-electron chi connectivity index (χ4n) is 2.04. The highest BCUT2D eigenvalue weighted by molar-refractivity contribution is 9.10. The Morgan fingerprint density at radius 1 is 1.35 bits per heavy atom. The Hall–Kier alpha value is -1.59. The van der Waals surface area contributed by atoms with Crippen LogP contribution in [-0.2, 0) is 6.54 Å². The van der Waals surface area contributed by atoms with E-state index in [0.717, 1.165) is 17.9 Å². The topological polar surface area (TPSA) is 29.9 Å². The molecule has 0 bridgehead atoms. The molecule has 0 spiro atoms. The van der Waals surface area contributed by atoms with Crippen molar-refractivity contribution in [1.29, 1.82) is 0 Å². The van der Waals surface area contributed by atoms with Gasteiger partial charge in [0.2, 0.25) is 0 Å². The van der Waals surface area contributed by atoms with Gasteiger partial charge in [-0.2, -0.15) is 0 Å². The van der Waals surface area contributed by atoms with Crippen LogP contribution in [-0.4, -0.2) is 9.55 Å². The molecule has 0 unspecified atom stereocenters. The monoisotopic (exact) mass is 347 g/mol. The molecule has 0 radical (unpaired) electrons. The first-order chi connectivity index (χ1) is 9.74. The maximum absolute atomic E-state index is 4.10. The van der Waals surface area contributed by atoms with Gasteiger partial charge in [0.25, 0.3) is 0 Å². The summed E-state index contributed by atoms with van der Waals surface area (Å²) in [6, 6.07) is 10.4. The number of halogens is 1. The van der Waals surface area contributed by atoms with Crippen LogP contribution in [0, 0.1) is 6.92 Å².